The Labute approximate surface area is 178 Å². The van der Waals surface area contributed by atoms with Crippen molar-refractivity contribution in [3.63, 3.8) is 0 Å². The van der Waals surface area contributed by atoms with Crippen LogP contribution in [0.2, 0.25) is 0 Å². The number of nitrogens with zero attached hydrogens (tertiary/aromatic N) is 6. The summed E-state index contributed by atoms with van der Waals surface area (Å²) in [5, 5.41) is 12.6. The molecule has 2 aromatic carbocycles. The van der Waals surface area contributed by atoms with Gasteiger partial charge in [-0.1, -0.05) is 13.0 Å². The van der Waals surface area contributed by atoms with Gasteiger partial charge in [-0.3, -0.25) is 0 Å². The van der Waals surface area contributed by atoms with E-state index in [1.165, 1.54) is 12.1 Å². The van der Waals surface area contributed by atoms with Gasteiger partial charge in [-0.2, -0.15) is 5.10 Å². The van der Waals surface area contributed by atoms with Crippen molar-refractivity contribution in [3.8, 4) is 17.1 Å². The summed E-state index contributed by atoms with van der Waals surface area (Å²) in [5.74, 6) is 1.73. The number of aromatic nitrogens is 6. The second-order valence-electron chi connectivity index (χ2n) is 7.22. The first-order valence-electron chi connectivity index (χ1n) is 10.3. The van der Waals surface area contributed by atoms with E-state index in [1.54, 1.807) is 16.9 Å². The molecule has 8 heteroatoms. The third kappa shape index (κ3) is 3.50. The molecule has 0 unspecified atom stereocenters. The van der Waals surface area contributed by atoms with Gasteiger partial charge in [0.1, 0.15) is 11.6 Å². The fraction of sp³-hybridized carbons (Fsp3) is 0.217. The molecular formula is C23H21FN6O. The minimum atomic E-state index is -0.292. The molecule has 0 aliphatic heterocycles. The van der Waals surface area contributed by atoms with Crippen LogP contribution < -0.4 is 0 Å². The average molecular weight is 416 g/mol. The molecule has 7 nitrogen and oxygen atoms in total. The zero-order valence-corrected chi connectivity index (χ0v) is 17.3. The molecular weight excluding hydrogens is 395 g/mol. The summed E-state index contributed by atoms with van der Waals surface area (Å²) in [6.45, 7) is 4.85. The summed E-state index contributed by atoms with van der Waals surface area (Å²) < 4.78 is 23.3. The molecule has 0 spiro atoms. The number of hydrogen-bond donors (Lipinski definition) is 0. The van der Waals surface area contributed by atoms with Crippen LogP contribution in [0.1, 0.15) is 31.3 Å². The number of imidazole rings is 1. The monoisotopic (exact) mass is 416 g/mol. The van der Waals surface area contributed by atoms with Crippen molar-refractivity contribution < 1.29 is 8.81 Å². The molecule has 0 N–H and O–H groups in total. The number of fused-ring (bicyclic) bond motifs is 1. The Morgan fingerprint density at radius 1 is 1.03 bits per heavy atom. The van der Waals surface area contributed by atoms with Gasteiger partial charge in [0.15, 0.2) is 0 Å². The zero-order chi connectivity index (χ0) is 21.4. The molecule has 0 fully saturated rings. The Hall–Kier alpha value is -3.81. The Balaban J connectivity index is 1.53. The molecule has 0 atom stereocenters. The number of halogens is 1. The predicted octanol–water partition coefficient (Wildman–Crippen LogP) is 4.58. The summed E-state index contributed by atoms with van der Waals surface area (Å²) >= 11 is 0. The Morgan fingerprint density at radius 3 is 2.71 bits per heavy atom. The fourth-order valence-corrected chi connectivity index (χ4v) is 3.78. The van der Waals surface area contributed by atoms with E-state index in [1.807, 2.05) is 37.3 Å². The third-order valence-corrected chi connectivity index (χ3v) is 5.27. The van der Waals surface area contributed by atoms with Crippen LogP contribution in [-0.4, -0.2) is 29.5 Å². The normalized spacial score (nSPS) is 11.5. The molecule has 5 rings (SSSR count). The van der Waals surface area contributed by atoms with Crippen molar-refractivity contribution in [2.75, 3.05) is 0 Å². The first kappa shape index (κ1) is 19.2. The van der Waals surface area contributed by atoms with Crippen LogP contribution in [0.25, 0.3) is 28.2 Å². The largest absolute Gasteiger partial charge is 0.421 e. The van der Waals surface area contributed by atoms with E-state index >= 15 is 0 Å². The lowest BCUT2D eigenvalue weighted by atomic mass is 10.2. The molecule has 0 amide bonds. The molecule has 0 aliphatic carbocycles. The van der Waals surface area contributed by atoms with Crippen molar-refractivity contribution in [3.05, 3.63) is 78.0 Å². The number of benzene rings is 2. The first-order valence-corrected chi connectivity index (χ1v) is 10.3. The van der Waals surface area contributed by atoms with E-state index in [0.29, 0.717) is 30.3 Å². The van der Waals surface area contributed by atoms with Crippen molar-refractivity contribution in [1.29, 1.82) is 0 Å². The van der Waals surface area contributed by atoms with Gasteiger partial charge in [-0.15, -0.1) is 10.2 Å². The van der Waals surface area contributed by atoms with E-state index in [4.69, 9.17) is 9.40 Å². The van der Waals surface area contributed by atoms with Crippen molar-refractivity contribution in [2.24, 2.45) is 0 Å². The van der Waals surface area contributed by atoms with E-state index in [0.717, 1.165) is 34.7 Å². The molecule has 0 saturated carbocycles. The van der Waals surface area contributed by atoms with Gasteiger partial charge in [0.2, 0.25) is 11.8 Å². The number of aryl methyl sites for hydroxylation is 2. The summed E-state index contributed by atoms with van der Waals surface area (Å²) in [6, 6.07) is 14.3. The van der Waals surface area contributed by atoms with Gasteiger partial charge in [-0.05, 0) is 49.4 Å². The molecule has 5 aromatic rings. The Bertz CT molecular complexity index is 1370. The van der Waals surface area contributed by atoms with Crippen LogP contribution in [-0.2, 0) is 19.4 Å². The van der Waals surface area contributed by atoms with Crippen molar-refractivity contribution >= 4 is 11.0 Å². The lowest BCUT2D eigenvalue weighted by Gasteiger charge is -2.09. The van der Waals surface area contributed by atoms with E-state index in [-0.39, 0.29) is 5.82 Å². The molecule has 0 radical (unpaired) electrons. The van der Waals surface area contributed by atoms with Gasteiger partial charge in [0.05, 0.1) is 22.4 Å². The molecule has 0 saturated heterocycles. The molecule has 3 heterocycles. The lowest BCUT2D eigenvalue weighted by Crippen LogP contribution is -2.07. The van der Waals surface area contributed by atoms with Crippen LogP contribution in [0.3, 0.4) is 0 Å². The van der Waals surface area contributed by atoms with Gasteiger partial charge in [-0.25, -0.2) is 14.1 Å². The van der Waals surface area contributed by atoms with E-state index in [2.05, 4.69) is 26.8 Å². The highest BCUT2D eigenvalue weighted by Crippen LogP contribution is 2.26. The molecule has 3 aromatic heterocycles. The van der Waals surface area contributed by atoms with Gasteiger partial charge < -0.3 is 8.98 Å². The predicted molar refractivity (Wildman–Crippen MR) is 114 cm³/mol. The van der Waals surface area contributed by atoms with Crippen LogP contribution >= 0.6 is 0 Å². The van der Waals surface area contributed by atoms with Gasteiger partial charge in [0, 0.05) is 31.1 Å². The number of hydrogen-bond acceptors (Lipinski definition) is 5. The highest BCUT2D eigenvalue weighted by Gasteiger charge is 2.16. The van der Waals surface area contributed by atoms with Crippen LogP contribution in [0.4, 0.5) is 4.39 Å². The van der Waals surface area contributed by atoms with Crippen molar-refractivity contribution in [2.45, 2.75) is 33.2 Å². The molecule has 0 bridgehead atoms. The van der Waals surface area contributed by atoms with Crippen LogP contribution in [0.5, 0.6) is 0 Å². The summed E-state index contributed by atoms with van der Waals surface area (Å²) in [4.78, 5) is 4.88. The smallest absolute Gasteiger partial charge is 0.247 e. The molecule has 0 aliphatic rings. The Morgan fingerprint density at radius 2 is 1.94 bits per heavy atom. The maximum absolute atomic E-state index is 13.7. The Kier molecular flexibility index (Phi) is 4.82. The minimum absolute atomic E-state index is 0.292. The first-order chi connectivity index (χ1) is 15.2. The number of rotatable bonds is 6. The van der Waals surface area contributed by atoms with E-state index < -0.39 is 0 Å². The SMILES string of the molecule is CCc1nnc(-c2ccc3c(c2)nc(Cc2ccnn2-c2cccc(F)c2)n3CC)o1. The highest BCUT2D eigenvalue weighted by atomic mass is 19.1. The summed E-state index contributed by atoms with van der Waals surface area (Å²) in [5.41, 5.74) is 4.36. The summed E-state index contributed by atoms with van der Waals surface area (Å²) in [6.07, 6.45) is 2.98. The van der Waals surface area contributed by atoms with Crippen molar-refractivity contribution in [1.82, 2.24) is 29.5 Å². The third-order valence-electron chi connectivity index (χ3n) is 5.27. The topological polar surface area (TPSA) is 74.6 Å². The second-order valence-corrected chi connectivity index (χ2v) is 7.22. The maximum atomic E-state index is 13.7. The van der Waals surface area contributed by atoms with Crippen LogP contribution in [0.15, 0.2) is 59.1 Å². The quantitative estimate of drug-likeness (QED) is 0.405. The minimum Gasteiger partial charge on any atom is -0.421 e. The standard InChI is InChI=1S/C23H21FN6O/c1-3-22-27-28-23(31-22)15-8-9-20-19(12-15)26-21(29(20)4-2)14-18-10-11-25-30(18)17-7-5-6-16(24)13-17/h5-13H,3-4,14H2,1-2H3. The molecule has 31 heavy (non-hydrogen) atoms. The van der Waals surface area contributed by atoms with Crippen LogP contribution in [0, 0.1) is 5.82 Å². The molecule has 156 valence electrons. The zero-order valence-electron chi connectivity index (χ0n) is 17.3. The lowest BCUT2D eigenvalue weighted by molar-refractivity contribution is 0.513. The van der Waals surface area contributed by atoms with E-state index in [9.17, 15) is 4.39 Å². The average Bonchev–Trinajstić information content (AvgIpc) is 3.51. The van der Waals surface area contributed by atoms with Gasteiger partial charge >= 0.3 is 0 Å². The fourth-order valence-electron chi connectivity index (χ4n) is 3.78. The summed E-state index contributed by atoms with van der Waals surface area (Å²) in [7, 11) is 0. The second kappa shape index (κ2) is 7.79. The highest BCUT2D eigenvalue weighted by molar-refractivity contribution is 5.81. The maximum Gasteiger partial charge on any atom is 0.247 e. The van der Waals surface area contributed by atoms with Gasteiger partial charge in [0.25, 0.3) is 0 Å².